The van der Waals surface area contributed by atoms with Crippen molar-refractivity contribution in [1.82, 2.24) is 5.32 Å². The number of halogens is 1. The molecule has 0 fully saturated rings. The smallest absolute Gasteiger partial charge is 0.407 e. The zero-order valence-electron chi connectivity index (χ0n) is 10.3. The Balaban J connectivity index is 2.30. The molecule has 6 heteroatoms. The first kappa shape index (κ1) is 15.5. The molecule has 1 amide bonds. The molecule has 104 valence electrons. The number of alkyl halides is 1. The Morgan fingerprint density at radius 2 is 2.00 bits per heavy atom. The van der Waals surface area contributed by atoms with Crippen LogP contribution in [0.25, 0.3) is 0 Å². The van der Waals surface area contributed by atoms with Gasteiger partial charge in [0.2, 0.25) is 0 Å². The van der Waals surface area contributed by atoms with Crippen LogP contribution < -0.4 is 5.32 Å². The molecule has 0 aliphatic rings. The molecular weight excluding hydrogens is 314 g/mol. The standard InChI is InChI=1S/C13H16BrNO4/c14-8-11(6-7-12(16)17)15-13(18)19-9-10-4-2-1-3-5-10/h1-5,11H,6-9H2,(H,15,18)(H,16,17)/t11-/m0/s1. The van der Waals surface area contributed by atoms with Gasteiger partial charge in [-0.15, -0.1) is 0 Å². The first-order valence-electron chi connectivity index (χ1n) is 5.86. The van der Waals surface area contributed by atoms with E-state index in [4.69, 9.17) is 9.84 Å². The molecule has 19 heavy (non-hydrogen) atoms. The Morgan fingerprint density at radius 3 is 2.58 bits per heavy atom. The average Bonchev–Trinajstić information content (AvgIpc) is 2.42. The van der Waals surface area contributed by atoms with E-state index in [1.165, 1.54) is 0 Å². The number of rotatable bonds is 7. The van der Waals surface area contributed by atoms with Gasteiger partial charge in [-0.25, -0.2) is 4.79 Å². The van der Waals surface area contributed by atoms with Crippen LogP contribution in [0, 0.1) is 0 Å². The number of alkyl carbamates (subject to hydrolysis) is 1. The minimum absolute atomic E-state index is 0.00916. The lowest BCUT2D eigenvalue weighted by Crippen LogP contribution is -2.36. The summed E-state index contributed by atoms with van der Waals surface area (Å²) < 4.78 is 5.05. The summed E-state index contributed by atoms with van der Waals surface area (Å²) in [5.41, 5.74) is 0.901. The van der Waals surface area contributed by atoms with Gasteiger partial charge in [0.05, 0.1) is 0 Å². The van der Waals surface area contributed by atoms with E-state index in [1.54, 1.807) is 0 Å². The monoisotopic (exact) mass is 329 g/mol. The van der Waals surface area contributed by atoms with Gasteiger partial charge in [-0.3, -0.25) is 4.79 Å². The number of nitrogens with one attached hydrogen (secondary N) is 1. The fourth-order valence-corrected chi connectivity index (χ4v) is 1.90. The zero-order chi connectivity index (χ0) is 14.1. The molecule has 0 aliphatic heterocycles. The van der Waals surface area contributed by atoms with Crippen LogP contribution in [0.1, 0.15) is 18.4 Å². The van der Waals surface area contributed by atoms with E-state index < -0.39 is 12.1 Å². The normalized spacial score (nSPS) is 11.6. The molecule has 0 saturated carbocycles. The number of carboxylic acids is 1. The first-order chi connectivity index (χ1) is 9.11. The number of benzene rings is 1. The van der Waals surface area contributed by atoms with Gasteiger partial charge in [0.1, 0.15) is 6.61 Å². The number of amides is 1. The summed E-state index contributed by atoms with van der Waals surface area (Å²) in [7, 11) is 0. The Labute approximate surface area is 120 Å². The highest BCUT2D eigenvalue weighted by Gasteiger charge is 2.13. The second-order valence-corrected chi connectivity index (χ2v) is 4.64. The predicted molar refractivity (Wildman–Crippen MR) is 74.2 cm³/mol. The van der Waals surface area contributed by atoms with Crippen LogP contribution in [0.15, 0.2) is 30.3 Å². The van der Waals surface area contributed by atoms with E-state index in [2.05, 4.69) is 21.2 Å². The fourth-order valence-electron chi connectivity index (χ4n) is 1.42. The fraction of sp³-hybridized carbons (Fsp3) is 0.385. The van der Waals surface area contributed by atoms with Crippen molar-refractivity contribution in [2.75, 3.05) is 5.33 Å². The summed E-state index contributed by atoms with van der Waals surface area (Å²) in [6.45, 7) is 0.195. The van der Waals surface area contributed by atoms with Gasteiger partial charge in [-0.2, -0.15) is 0 Å². The Morgan fingerprint density at radius 1 is 1.32 bits per heavy atom. The van der Waals surface area contributed by atoms with Crippen LogP contribution in [-0.4, -0.2) is 28.5 Å². The SMILES string of the molecule is O=C(O)CC[C@@H](CBr)NC(=O)OCc1ccccc1. The molecule has 0 aliphatic carbocycles. The van der Waals surface area contributed by atoms with Crippen molar-refractivity contribution < 1.29 is 19.4 Å². The largest absolute Gasteiger partial charge is 0.481 e. The summed E-state index contributed by atoms with van der Waals surface area (Å²) in [4.78, 5) is 22.0. The number of carbonyl (C=O) groups is 2. The number of carboxylic acid groups (broad SMARTS) is 1. The van der Waals surface area contributed by atoms with Gasteiger partial charge in [0.15, 0.2) is 0 Å². The van der Waals surface area contributed by atoms with E-state index >= 15 is 0 Å². The van der Waals surface area contributed by atoms with Gasteiger partial charge in [-0.05, 0) is 12.0 Å². The van der Waals surface area contributed by atoms with E-state index in [1.807, 2.05) is 30.3 Å². The van der Waals surface area contributed by atoms with Gasteiger partial charge in [0, 0.05) is 17.8 Å². The Kier molecular flexibility index (Phi) is 6.95. The predicted octanol–water partition coefficient (Wildman–Crippen LogP) is 2.54. The molecule has 0 aromatic heterocycles. The molecule has 0 heterocycles. The summed E-state index contributed by atoms with van der Waals surface area (Å²) in [5.74, 6) is -0.884. The highest BCUT2D eigenvalue weighted by atomic mass is 79.9. The van der Waals surface area contributed by atoms with Crippen LogP contribution in [0.5, 0.6) is 0 Å². The highest BCUT2D eigenvalue weighted by Crippen LogP contribution is 2.04. The molecule has 1 aromatic rings. The molecule has 0 bridgehead atoms. The van der Waals surface area contributed by atoms with Crippen molar-refractivity contribution >= 4 is 28.0 Å². The summed E-state index contributed by atoms with van der Waals surface area (Å²) in [6.07, 6.45) is -0.172. The molecule has 2 N–H and O–H groups in total. The van der Waals surface area contributed by atoms with Crippen LogP contribution in [-0.2, 0) is 16.1 Å². The zero-order valence-corrected chi connectivity index (χ0v) is 11.9. The van der Waals surface area contributed by atoms with E-state index in [0.29, 0.717) is 11.8 Å². The molecule has 1 aromatic carbocycles. The quantitative estimate of drug-likeness (QED) is 0.754. The van der Waals surface area contributed by atoms with Gasteiger partial charge in [-0.1, -0.05) is 46.3 Å². The molecule has 0 saturated heterocycles. The third-order valence-corrected chi connectivity index (χ3v) is 3.21. The lowest BCUT2D eigenvalue weighted by Gasteiger charge is -2.15. The highest BCUT2D eigenvalue weighted by molar-refractivity contribution is 9.09. The third-order valence-electron chi connectivity index (χ3n) is 2.43. The summed E-state index contributed by atoms with van der Waals surface area (Å²) in [6, 6.07) is 9.09. The molecule has 0 radical (unpaired) electrons. The second-order valence-electron chi connectivity index (χ2n) is 3.99. The third kappa shape index (κ3) is 6.81. The van der Waals surface area contributed by atoms with E-state index in [9.17, 15) is 9.59 Å². The molecule has 5 nitrogen and oxygen atoms in total. The van der Waals surface area contributed by atoms with Gasteiger partial charge >= 0.3 is 12.1 Å². The van der Waals surface area contributed by atoms with Crippen LogP contribution in [0.4, 0.5) is 4.79 Å². The van der Waals surface area contributed by atoms with Crippen LogP contribution >= 0.6 is 15.9 Å². The molecule has 0 unspecified atom stereocenters. The number of carbonyl (C=O) groups excluding carboxylic acids is 1. The van der Waals surface area contributed by atoms with Crippen LogP contribution in [0.2, 0.25) is 0 Å². The topological polar surface area (TPSA) is 75.6 Å². The van der Waals surface area contributed by atoms with Gasteiger partial charge in [0.25, 0.3) is 0 Å². The number of hydrogen-bond acceptors (Lipinski definition) is 3. The summed E-state index contributed by atoms with van der Waals surface area (Å²) in [5, 5.41) is 11.7. The Bertz CT molecular complexity index is 410. The lowest BCUT2D eigenvalue weighted by atomic mass is 10.2. The maximum absolute atomic E-state index is 11.5. The average molecular weight is 330 g/mol. The van der Waals surface area contributed by atoms with E-state index in [-0.39, 0.29) is 19.1 Å². The van der Waals surface area contributed by atoms with Gasteiger partial charge < -0.3 is 15.2 Å². The van der Waals surface area contributed by atoms with Crippen LogP contribution in [0.3, 0.4) is 0 Å². The number of hydrogen-bond donors (Lipinski definition) is 2. The van der Waals surface area contributed by atoms with Crippen molar-refractivity contribution in [3.05, 3.63) is 35.9 Å². The molecule has 0 spiro atoms. The van der Waals surface area contributed by atoms with Crippen molar-refractivity contribution in [2.45, 2.75) is 25.5 Å². The van der Waals surface area contributed by atoms with Crippen molar-refractivity contribution in [2.24, 2.45) is 0 Å². The molecule has 1 atom stereocenters. The van der Waals surface area contributed by atoms with Crippen molar-refractivity contribution in [3.8, 4) is 0 Å². The number of ether oxygens (including phenoxy) is 1. The molecular formula is C13H16BrNO4. The minimum Gasteiger partial charge on any atom is -0.481 e. The van der Waals surface area contributed by atoms with E-state index in [0.717, 1.165) is 5.56 Å². The maximum Gasteiger partial charge on any atom is 0.407 e. The second kappa shape index (κ2) is 8.53. The summed E-state index contributed by atoms with van der Waals surface area (Å²) >= 11 is 3.23. The van der Waals surface area contributed by atoms with Crippen molar-refractivity contribution in [3.63, 3.8) is 0 Å². The molecule has 1 rings (SSSR count). The first-order valence-corrected chi connectivity index (χ1v) is 6.99. The maximum atomic E-state index is 11.5. The Hall–Kier alpha value is -1.56. The number of aliphatic carboxylic acids is 1. The van der Waals surface area contributed by atoms with Crippen molar-refractivity contribution in [1.29, 1.82) is 0 Å². The lowest BCUT2D eigenvalue weighted by molar-refractivity contribution is -0.137. The minimum atomic E-state index is -0.884.